The van der Waals surface area contributed by atoms with E-state index in [9.17, 15) is 4.79 Å². The van der Waals surface area contributed by atoms with Crippen molar-refractivity contribution in [2.45, 2.75) is 38.6 Å². The highest BCUT2D eigenvalue weighted by atomic mass is 35.5. The first-order chi connectivity index (χ1) is 9.99. The van der Waals surface area contributed by atoms with E-state index in [0.717, 1.165) is 29.9 Å². The molecule has 0 spiro atoms. The number of rotatable bonds is 8. The number of hydrogen-bond acceptors (Lipinski definition) is 3. The van der Waals surface area contributed by atoms with Gasteiger partial charge in [0.25, 0.3) is 0 Å². The van der Waals surface area contributed by atoms with Crippen molar-refractivity contribution < 1.29 is 14.3 Å². The molecule has 0 aliphatic heterocycles. The molecular formula is C16H24ClNO3. The van der Waals surface area contributed by atoms with Crippen LogP contribution < -0.4 is 9.47 Å². The minimum atomic E-state index is -0.530. The molecule has 0 aliphatic rings. The fourth-order valence-electron chi connectivity index (χ4n) is 1.89. The highest BCUT2D eigenvalue weighted by molar-refractivity contribution is 6.30. The molecule has 21 heavy (non-hydrogen) atoms. The average molecular weight is 314 g/mol. The van der Waals surface area contributed by atoms with Crippen LogP contribution in [0.1, 0.15) is 32.3 Å². The van der Waals surface area contributed by atoms with Crippen LogP contribution in [0.2, 0.25) is 0 Å². The third-order valence-corrected chi connectivity index (χ3v) is 3.34. The standard InChI is InChI=1S/C16H24ClNO3/c1-5-6-9-21-15-10-14(20-4)8-7-13(15)11-18(3)16(19)12(2)17/h7-8,10,12H,5-6,9,11H2,1-4H3. The molecule has 0 aliphatic carbocycles. The second kappa shape index (κ2) is 8.78. The molecule has 5 heteroatoms. The molecule has 4 nitrogen and oxygen atoms in total. The lowest BCUT2D eigenvalue weighted by atomic mass is 10.1. The van der Waals surface area contributed by atoms with Gasteiger partial charge in [0.15, 0.2) is 0 Å². The predicted molar refractivity (Wildman–Crippen MR) is 85.2 cm³/mol. The van der Waals surface area contributed by atoms with E-state index < -0.39 is 5.38 Å². The van der Waals surface area contributed by atoms with Gasteiger partial charge in [0.1, 0.15) is 16.9 Å². The van der Waals surface area contributed by atoms with Crippen molar-refractivity contribution in [2.75, 3.05) is 20.8 Å². The number of benzene rings is 1. The van der Waals surface area contributed by atoms with Crippen LogP contribution >= 0.6 is 11.6 Å². The van der Waals surface area contributed by atoms with Crippen molar-refractivity contribution in [3.63, 3.8) is 0 Å². The zero-order chi connectivity index (χ0) is 15.8. The molecule has 1 atom stereocenters. The van der Waals surface area contributed by atoms with Gasteiger partial charge in [-0.25, -0.2) is 0 Å². The van der Waals surface area contributed by atoms with Gasteiger partial charge in [-0.1, -0.05) is 13.3 Å². The number of halogens is 1. The molecule has 0 saturated carbocycles. The monoisotopic (exact) mass is 313 g/mol. The second-order valence-corrected chi connectivity index (χ2v) is 5.64. The minimum Gasteiger partial charge on any atom is -0.497 e. The van der Waals surface area contributed by atoms with E-state index in [0.29, 0.717) is 13.2 Å². The fourth-order valence-corrected chi connectivity index (χ4v) is 2.06. The number of nitrogens with zero attached hydrogens (tertiary/aromatic N) is 1. The van der Waals surface area contributed by atoms with Crippen molar-refractivity contribution >= 4 is 17.5 Å². The number of amides is 1. The number of ether oxygens (including phenoxy) is 2. The Balaban J connectivity index is 2.86. The highest BCUT2D eigenvalue weighted by Crippen LogP contribution is 2.26. The third-order valence-electron chi connectivity index (χ3n) is 3.15. The second-order valence-electron chi connectivity index (χ2n) is 4.99. The van der Waals surface area contributed by atoms with Crippen LogP contribution in [0.4, 0.5) is 0 Å². The molecule has 1 amide bonds. The Labute approximate surface area is 132 Å². The summed E-state index contributed by atoms with van der Waals surface area (Å²) >= 11 is 5.84. The van der Waals surface area contributed by atoms with Gasteiger partial charge in [0.2, 0.25) is 5.91 Å². The Hall–Kier alpha value is -1.42. The quantitative estimate of drug-likeness (QED) is 0.545. The van der Waals surface area contributed by atoms with Crippen LogP contribution in [-0.2, 0) is 11.3 Å². The lowest BCUT2D eigenvalue weighted by molar-refractivity contribution is -0.129. The number of alkyl halides is 1. The van der Waals surface area contributed by atoms with E-state index in [4.69, 9.17) is 21.1 Å². The summed E-state index contributed by atoms with van der Waals surface area (Å²) in [6.45, 7) is 4.90. The van der Waals surface area contributed by atoms with E-state index in [1.807, 2.05) is 18.2 Å². The van der Waals surface area contributed by atoms with Crippen molar-refractivity contribution in [3.05, 3.63) is 23.8 Å². The zero-order valence-electron chi connectivity index (χ0n) is 13.2. The number of unbranched alkanes of at least 4 members (excludes halogenated alkanes) is 1. The third kappa shape index (κ3) is 5.46. The molecule has 1 unspecified atom stereocenters. The summed E-state index contributed by atoms with van der Waals surface area (Å²) in [6.07, 6.45) is 2.06. The lowest BCUT2D eigenvalue weighted by Gasteiger charge is -2.21. The normalized spacial score (nSPS) is 11.9. The van der Waals surface area contributed by atoms with Crippen LogP contribution in [0.5, 0.6) is 11.5 Å². The summed E-state index contributed by atoms with van der Waals surface area (Å²) in [4.78, 5) is 13.5. The van der Waals surface area contributed by atoms with Gasteiger partial charge >= 0.3 is 0 Å². The largest absolute Gasteiger partial charge is 0.497 e. The average Bonchev–Trinajstić information content (AvgIpc) is 2.47. The van der Waals surface area contributed by atoms with Gasteiger partial charge < -0.3 is 14.4 Å². The molecule has 1 aromatic carbocycles. The number of carbonyl (C=O) groups excluding carboxylic acids is 1. The molecule has 1 aromatic rings. The number of hydrogen-bond donors (Lipinski definition) is 0. The van der Waals surface area contributed by atoms with Crippen LogP contribution in [0.3, 0.4) is 0 Å². The Kier molecular flexibility index (Phi) is 7.37. The van der Waals surface area contributed by atoms with E-state index in [1.54, 1.807) is 26.0 Å². The van der Waals surface area contributed by atoms with Gasteiger partial charge in [0.05, 0.1) is 13.7 Å². The first-order valence-corrected chi connectivity index (χ1v) is 7.62. The Morgan fingerprint density at radius 1 is 1.43 bits per heavy atom. The minimum absolute atomic E-state index is 0.105. The van der Waals surface area contributed by atoms with Gasteiger partial charge in [0, 0.05) is 25.2 Å². The summed E-state index contributed by atoms with van der Waals surface area (Å²) in [5.41, 5.74) is 0.945. The lowest BCUT2D eigenvalue weighted by Crippen LogP contribution is -2.31. The summed E-state index contributed by atoms with van der Waals surface area (Å²) < 4.78 is 11.0. The van der Waals surface area contributed by atoms with E-state index >= 15 is 0 Å². The van der Waals surface area contributed by atoms with Crippen LogP contribution in [0.15, 0.2) is 18.2 Å². The first-order valence-electron chi connectivity index (χ1n) is 7.18. The molecule has 0 aromatic heterocycles. The van der Waals surface area contributed by atoms with Crippen molar-refractivity contribution in [1.82, 2.24) is 4.90 Å². The molecule has 1 rings (SSSR count). The molecular weight excluding hydrogens is 290 g/mol. The van der Waals surface area contributed by atoms with Gasteiger partial charge in [-0.15, -0.1) is 11.6 Å². The summed E-state index contributed by atoms with van der Waals surface area (Å²) in [6, 6.07) is 5.64. The topological polar surface area (TPSA) is 38.8 Å². The molecule has 0 bridgehead atoms. The molecule has 0 fully saturated rings. The number of methoxy groups -OCH3 is 1. The molecule has 0 radical (unpaired) electrons. The summed E-state index contributed by atoms with van der Waals surface area (Å²) in [7, 11) is 3.36. The summed E-state index contributed by atoms with van der Waals surface area (Å²) in [5.74, 6) is 1.39. The molecule has 118 valence electrons. The van der Waals surface area contributed by atoms with E-state index in [1.165, 1.54) is 0 Å². The maximum Gasteiger partial charge on any atom is 0.240 e. The predicted octanol–water partition coefficient (Wildman–Crippen LogP) is 3.46. The maximum absolute atomic E-state index is 11.9. The van der Waals surface area contributed by atoms with Gasteiger partial charge in [-0.3, -0.25) is 4.79 Å². The van der Waals surface area contributed by atoms with Crippen LogP contribution in [-0.4, -0.2) is 36.9 Å². The highest BCUT2D eigenvalue weighted by Gasteiger charge is 2.17. The van der Waals surface area contributed by atoms with Crippen LogP contribution in [0, 0.1) is 0 Å². The van der Waals surface area contributed by atoms with Gasteiger partial charge in [-0.2, -0.15) is 0 Å². The van der Waals surface area contributed by atoms with E-state index in [2.05, 4.69) is 6.92 Å². The van der Waals surface area contributed by atoms with Crippen molar-refractivity contribution in [2.24, 2.45) is 0 Å². The van der Waals surface area contributed by atoms with Crippen molar-refractivity contribution in [3.8, 4) is 11.5 Å². The zero-order valence-corrected chi connectivity index (χ0v) is 13.9. The van der Waals surface area contributed by atoms with Crippen molar-refractivity contribution in [1.29, 1.82) is 0 Å². The Morgan fingerprint density at radius 3 is 2.71 bits per heavy atom. The summed E-state index contributed by atoms with van der Waals surface area (Å²) in [5, 5.41) is -0.530. The molecule has 0 heterocycles. The first kappa shape index (κ1) is 17.6. The Morgan fingerprint density at radius 2 is 2.14 bits per heavy atom. The smallest absolute Gasteiger partial charge is 0.240 e. The Bertz CT molecular complexity index is 463. The maximum atomic E-state index is 11.9. The SMILES string of the molecule is CCCCOc1cc(OC)ccc1CN(C)C(=O)C(C)Cl. The molecule has 0 N–H and O–H groups in total. The van der Waals surface area contributed by atoms with E-state index in [-0.39, 0.29) is 5.91 Å². The molecule has 0 saturated heterocycles. The van der Waals surface area contributed by atoms with Gasteiger partial charge in [-0.05, 0) is 25.5 Å². The van der Waals surface area contributed by atoms with Crippen LogP contribution in [0.25, 0.3) is 0 Å². The number of carbonyl (C=O) groups is 1. The fraction of sp³-hybridized carbons (Fsp3) is 0.562.